The zero-order valence-electron chi connectivity index (χ0n) is 11.2. The molecular weight excluding hydrogens is 306 g/mol. The molecule has 0 unspecified atom stereocenters. The third-order valence-corrected chi connectivity index (χ3v) is 4.18. The molecule has 3 nitrogen and oxygen atoms in total. The van der Waals surface area contributed by atoms with Gasteiger partial charge in [-0.2, -0.15) is 0 Å². The van der Waals surface area contributed by atoms with Crippen LogP contribution in [0.4, 0.5) is 5.69 Å². The molecule has 100 valence electrons. The largest absolute Gasteiger partial charge is 0.456 e. The number of nitrogens with one attached hydrogen (secondary N) is 1. The molecule has 2 rings (SSSR count). The molecule has 1 heterocycles. The minimum absolute atomic E-state index is 0.221. The lowest BCUT2D eigenvalue weighted by molar-refractivity contribution is 0.0995. The number of amides is 1. The highest BCUT2D eigenvalue weighted by Gasteiger charge is 2.12. The van der Waals surface area contributed by atoms with E-state index >= 15 is 0 Å². The summed E-state index contributed by atoms with van der Waals surface area (Å²) in [5, 5.41) is 2.85. The van der Waals surface area contributed by atoms with E-state index in [9.17, 15) is 4.79 Å². The summed E-state index contributed by atoms with van der Waals surface area (Å²) in [5.41, 5.74) is 2.95. The number of carbonyl (C=O) groups is 1. The molecule has 0 radical (unpaired) electrons. The Morgan fingerprint density at radius 2 is 1.89 bits per heavy atom. The van der Waals surface area contributed by atoms with Crippen LogP contribution in [0.25, 0.3) is 0 Å². The average molecular weight is 322 g/mol. The van der Waals surface area contributed by atoms with Gasteiger partial charge >= 0.3 is 0 Å². The van der Waals surface area contributed by atoms with Crippen molar-refractivity contribution in [2.24, 2.45) is 0 Å². The Morgan fingerprint density at radius 3 is 2.42 bits per heavy atom. The van der Waals surface area contributed by atoms with Crippen molar-refractivity contribution >= 4 is 27.5 Å². The van der Waals surface area contributed by atoms with E-state index in [1.807, 2.05) is 39.0 Å². The number of rotatable bonds is 3. The fourth-order valence-corrected chi connectivity index (χ4v) is 2.13. The van der Waals surface area contributed by atoms with E-state index in [0.717, 1.165) is 33.5 Å². The smallest absolute Gasteiger partial charge is 0.291 e. The van der Waals surface area contributed by atoms with E-state index in [-0.39, 0.29) is 5.91 Å². The monoisotopic (exact) mass is 321 g/mol. The van der Waals surface area contributed by atoms with Crippen LogP contribution in [0, 0.1) is 13.8 Å². The van der Waals surface area contributed by atoms with Gasteiger partial charge in [-0.25, -0.2) is 0 Å². The minimum atomic E-state index is -0.221. The van der Waals surface area contributed by atoms with Gasteiger partial charge in [0.1, 0.15) is 5.76 Å². The molecule has 0 spiro atoms. The van der Waals surface area contributed by atoms with Gasteiger partial charge in [0.15, 0.2) is 5.76 Å². The molecule has 1 aromatic carbocycles. The molecular formula is C15H16BrNO2. The topological polar surface area (TPSA) is 42.2 Å². The van der Waals surface area contributed by atoms with Crippen molar-refractivity contribution in [3.05, 3.63) is 51.4 Å². The van der Waals surface area contributed by atoms with Gasteiger partial charge in [0, 0.05) is 16.6 Å². The zero-order chi connectivity index (χ0) is 14.0. The van der Waals surface area contributed by atoms with Gasteiger partial charge in [-0.15, -0.1) is 0 Å². The fourth-order valence-electron chi connectivity index (χ4n) is 1.90. The van der Waals surface area contributed by atoms with Crippen LogP contribution in [0.15, 0.2) is 33.2 Å². The van der Waals surface area contributed by atoms with E-state index in [0.29, 0.717) is 5.76 Å². The summed E-state index contributed by atoms with van der Waals surface area (Å²) in [6.45, 7) is 5.98. The van der Waals surface area contributed by atoms with Gasteiger partial charge in [0.05, 0.1) is 0 Å². The lowest BCUT2D eigenvalue weighted by Gasteiger charge is -2.08. The first kappa shape index (κ1) is 13.9. The van der Waals surface area contributed by atoms with Gasteiger partial charge in [-0.3, -0.25) is 4.79 Å². The zero-order valence-corrected chi connectivity index (χ0v) is 12.8. The second-order valence-electron chi connectivity index (χ2n) is 4.50. The molecule has 4 heteroatoms. The van der Waals surface area contributed by atoms with Crippen LogP contribution >= 0.6 is 15.9 Å². The van der Waals surface area contributed by atoms with Crippen LogP contribution in [0.3, 0.4) is 0 Å². The normalized spacial score (nSPS) is 10.5. The molecule has 19 heavy (non-hydrogen) atoms. The Balaban J connectivity index is 2.19. The molecule has 0 aliphatic heterocycles. The molecule has 0 fully saturated rings. The van der Waals surface area contributed by atoms with Gasteiger partial charge in [0.2, 0.25) is 0 Å². The van der Waals surface area contributed by atoms with E-state index in [1.165, 1.54) is 0 Å². The molecule has 2 aromatic rings. The highest BCUT2D eigenvalue weighted by molar-refractivity contribution is 9.10. The number of aryl methyl sites for hydroxylation is 3. The second-order valence-corrected chi connectivity index (χ2v) is 5.29. The number of benzene rings is 1. The number of anilines is 1. The van der Waals surface area contributed by atoms with Gasteiger partial charge < -0.3 is 9.73 Å². The minimum Gasteiger partial charge on any atom is -0.456 e. The van der Waals surface area contributed by atoms with Crippen LogP contribution in [0.5, 0.6) is 0 Å². The predicted molar refractivity (Wildman–Crippen MR) is 79.7 cm³/mol. The Morgan fingerprint density at radius 1 is 1.26 bits per heavy atom. The Bertz CT molecular complexity index is 593. The summed E-state index contributed by atoms with van der Waals surface area (Å²) in [7, 11) is 0. The Kier molecular flexibility index (Phi) is 4.10. The maximum absolute atomic E-state index is 12.0. The fraction of sp³-hybridized carbons (Fsp3) is 0.267. The van der Waals surface area contributed by atoms with Gasteiger partial charge in [0.25, 0.3) is 5.91 Å². The summed E-state index contributed by atoms with van der Waals surface area (Å²) < 4.78 is 6.50. The maximum Gasteiger partial charge on any atom is 0.291 e. The number of furan rings is 1. The van der Waals surface area contributed by atoms with E-state index in [1.54, 1.807) is 6.07 Å². The molecule has 0 aliphatic carbocycles. The van der Waals surface area contributed by atoms with Crippen LogP contribution in [0.1, 0.15) is 34.4 Å². The summed E-state index contributed by atoms with van der Waals surface area (Å²) in [6.07, 6.45) is 0.782. The first-order valence-corrected chi connectivity index (χ1v) is 6.97. The molecule has 1 aromatic heterocycles. The number of halogens is 1. The summed E-state index contributed by atoms with van der Waals surface area (Å²) in [4.78, 5) is 12.0. The first-order valence-electron chi connectivity index (χ1n) is 6.18. The lowest BCUT2D eigenvalue weighted by atomic mass is 10.1. The molecule has 0 atom stereocenters. The highest BCUT2D eigenvalue weighted by Crippen LogP contribution is 2.25. The Labute approximate surface area is 121 Å². The Hall–Kier alpha value is -1.55. The summed E-state index contributed by atoms with van der Waals surface area (Å²) in [6, 6.07) is 7.39. The lowest BCUT2D eigenvalue weighted by Crippen LogP contribution is -2.11. The van der Waals surface area contributed by atoms with Crippen molar-refractivity contribution in [3.63, 3.8) is 0 Å². The van der Waals surface area contributed by atoms with E-state index < -0.39 is 0 Å². The van der Waals surface area contributed by atoms with E-state index in [2.05, 4.69) is 21.2 Å². The van der Waals surface area contributed by atoms with Crippen molar-refractivity contribution in [2.45, 2.75) is 27.2 Å². The maximum atomic E-state index is 12.0. The van der Waals surface area contributed by atoms with Crippen molar-refractivity contribution < 1.29 is 9.21 Å². The number of carbonyl (C=O) groups excluding carboxylic acids is 1. The van der Waals surface area contributed by atoms with Crippen LogP contribution in [0.2, 0.25) is 0 Å². The van der Waals surface area contributed by atoms with Crippen molar-refractivity contribution in [2.75, 3.05) is 5.32 Å². The molecule has 0 aliphatic rings. The van der Waals surface area contributed by atoms with Gasteiger partial charge in [-0.1, -0.05) is 22.9 Å². The van der Waals surface area contributed by atoms with Crippen molar-refractivity contribution in [1.29, 1.82) is 0 Å². The van der Waals surface area contributed by atoms with Crippen molar-refractivity contribution in [1.82, 2.24) is 0 Å². The third kappa shape index (κ3) is 3.07. The SMILES string of the molecule is CCc1ccc(C(=O)Nc2cc(C)c(Br)c(C)c2)o1. The second kappa shape index (κ2) is 5.61. The van der Waals surface area contributed by atoms with Crippen LogP contribution in [-0.4, -0.2) is 5.91 Å². The highest BCUT2D eigenvalue weighted by atomic mass is 79.9. The van der Waals surface area contributed by atoms with Crippen molar-refractivity contribution in [3.8, 4) is 0 Å². The standard InChI is InChI=1S/C15H16BrNO2/c1-4-12-5-6-13(19-12)15(18)17-11-7-9(2)14(16)10(3)8-11/h5-8H,4H2,1-3H3,(H,17,18). The quantitative estimate of drug-likeness (QED) is 0.906. The molecule has 0 saturated heterocycles. The predicted octanol–water partition coefficient (Wildman–Crippen LogP) is 4.47. The summed E-state index contributed by atoms with van der Waals surface area (Å²) >= 11 is 3.51. The van der Waals surface area contributed by atoms with Crippen LogP contribution in [-0.2, 0) is 6.42 Å². The van der Waals surface area contributed by atoms with Gasteiger partial charge in [-0.05, 0) is 49.2 Å². The molecule has 1 N–H and O–H groups in total. The average Bonchev–Trinajstić information content (AvgIpc) is 2.84. The van der Waals surface area contributed by atoms with Crippen LogP contribution < -0.4 is 5.32 Å². The third-order valence-electron chi connectivity index (χ3n) is 2.93. The number of hydrogen-bond acceptors (Lipinski definition) is 2. The molecule has 1 amide bonds. The molecule has 0 bridgehead atoms. The first-order chi connectivity index (χ1) is 9.01. The molecule has 0 saturated carbocycles. The van der Waals surface area contributed by atoms with E-state index in [4.69, 9.17) is 4.42 Å². The summed E-state index contributed by atoms with van der Waals surface area (Å²) in [5.74, 6) is 0.934. The number of hydrogen-bond donors (Lipinski definition) is 1.